The number of nitrogens with two attached hydrogens (primary N) is 1. The molecular formula is C8H10ClN3OS2. The molecular weight excluding hydrogens is 254 g/mol. The highest BCUT2D eigenvalue weighted by Crippen LogP contribution is 2.30. The molecule has 0 aliphatic carbocycles. The first-order valence-corrected chi connectivity index (χ1v) is 5.77. The van der Waals surface area contributed by atoms with Crippen LogP contribution in [-0.2, 0) is 4.79 Å². The van der Waals surface area contributed by atoms with Gasteiger partial charge in [0.25, 0.3) is 0 Å². The summed E-state index contributed by atoms with van der Waals surface area (Å²) in [6.45, 7) is 1.64. The number of hydrogen-bond donors (Lipinski definition) is 2. The van der Waals surface area contributed by atoms with Crippen LogP contribution in [0.1, 0.15) is 6.92 Å². The smallest absolute Gasteiger partial charge is 0.242 e. The fourth-order valence-corrected chi connectivity index (χ4v) is 2.78. The Balaban J connectivity index is 0.00000112. The summed E-state index contributed by atoms with van der Waals surface area (Å²) in [5, 5.41) is 5.26. The lowest BCUT2D eigenvalue weighted by Gasteiger charge is -2.02. The number of rotatable bonds is 2. The standard InChI is InChI=1S/C8H9N3OS2.ClH/c1-4(9)6(12)11-8-10-5-2-3-13-7(5)14-8;/h2-4H,9H2,1H3,(H,10,11,12);1H/t4-;/m0./s1. The summed E-state index contributed by atoms with van der Waals surface area (Å²) in [4.78, 5) is 15.5. The summed E-state index contributed by atoms with van der Waals surface area (Å²) in [6.07, 6.45) is 0. The summed E-state index contributed by atoms with van der Waals surface area (Å²) in [5.41, 5.74) is 6.35. The zero-order valence-corrected chi connectivity index (χ0v) is 10.3. The number of halogens is 1. The summed E-state index contributed by atoms with van der Waals surface area (Å²) < 4.78 is 1.12. The van der Waals surface area contributed by atoms with E-state index >= 15 is 0 Å². The minimum Gasteiger partial charge on any atom is -0.320 e. The van der Waals surface area contributed by atoms with Gasteiger partial charge in [0, 0.05) is 0 Å². The van der Waals surface area contributed by atoms with Gasteiger partial charge in [-0.1, -0.05) is 11.3 Å². The van der Waals surface area contributed by atoms with Gasteiger partial charge in [0.05, 0.1) is 11.6 Å². The first-order chi connectivity index (χ1) is 6.66. The van der Waals surface area contributed by atoms with Crippen LogP contribution in [0.2, 0.25) is 0 Å². The van der Waals surface area contributed by atoms with Crippen LogP contribution in [0.25, 0.3) is 9.53 Å². The van der Waals surface area contributed by atoms with E-state index in [1.807, 2.05) is 11.4 Å². The van der Waals surface area contributed by atoms with Crippen molar-refractivity contribution in [2.24, 2.45) is 5.73 Å². The Morgan fingerprint density at radius 1 is 1.67 bits per heavy atom. The van der Waals surface area contributed by atoms with Crippen LogP contribution in [0.15, 0.2) is 11.4 Å². The number of aromatic nitrogens is 1. The van der Waals surface area contributed by atoms with E-state index in [0.717, 1.165) is 9.53 Å². The van der Waals surface area contributed by atoms with Crippen LogP contribution in [0.3, 0.4) is 0 Å². The quantitative estimate of drug-likeness (QED) is 0.872. The molecule has 3 N–H and O–H groups in total. The highest BCUT2D eigenvalue weighted by Gasteiger charge is 2.11. The molecule has 0 saturated heterocycles. The van der Waals surface area contributed by atoms with Crippen molar-refractivity contribution in [2.75, 3.05) is 5.32 Å². The molecule has 0 aromatic carbocycles. The molecule has 4 nitrogen and oxygen atoms in total. The third-order valence-electron chi connectivity index (χ3n) is 1.67. The van der Waals surface area contributed by atoms with E-state index in [9.17, 15) is 4.79 Å². The van der Waals surface area contributed by atoms with Gasteiger partial charge in [0.15, 0.2) is 5.13 Å². The molecule has 0 bridgehead atoms. The maximum atomic E-state index is 11.2. The largest absolute Gasteiger partial charge is 0.320 e. The number of nitrogens with one attached hydrogen (secondary N) is 1. The van der Waals surface area contributed by atoms with Crippen molar-refractivity contribution < 1.29 is 4.79 Å². The number of anilines is 1. The average molecular weight is 264 g/mol. The van der Waals surface area contributed by atoms with Gasteiger partial charge in [0.1, 0.15) is 4.01 Å². The molecule has 2 rings (SSSR count). The molecule has 0 radical (unpaired) electrons. The van der Waals surface area contributed by atoms with Gasteiger partial charge in [-0.05, 0) is 18.4 Å². The summed E-state index contributed by atoms with van der Waals surface area (Å²) >= 11 is 3.09. The molecule has 1 atom stereocenters. The Morgan fingerprint density at radius 3 is 3.00 bits per heavy atom. The van der Waals surface area contributed by atoms with Crippen molar-refractivity contribution in [1.29, 1.82) is 0 Å². The Kier molecular flexibility index (Phi) is 4.04. The molecule has 0 aliphatic rings. The normalized spacial score (nSPS) is 12.1. The number of amides is 1. The highest BCUT2D eigenvalue weighted by atomic mass is 35.5. The van der Waals surface area contributed by atoms with Crippen LogP contribution in [0.4, 0.5) is 5.13 Å². The van der Waals surface area contributed by atoms with E-state index in [1.54, 1.807) is 18.3 Å². The number of hydrogen-bond acceptors (Lipinski definition) is 5. The van der Waals surface area contributed by atoms with E-state index in [0.29, 0.717) is 5.13 Å². The van der Waals surface area contributed by atoms with Crippen LogP contribution >= 0.6 is 35.1 Å². The maximum absolute atomic E-state index is 11.2. The number of thiazole rings is 1. The third-order valence-corrected chi connectivity index (χ3v) is 3.68. The number of carbonyl (C=O) groups is 1. The number of fused-ring (bicyclic) bond motifs is 1. The monoisotopic (exact) mass is 263 g/mol. The van der Waals surface area contributed by atoms with Gasteiger partial charge in [-0.25, -0.2) is 4.98 Å². The van der Waals surface area contributed by atoms with Crippen molar-refractivity contribution >= 4 is 55.6 Å². The second-order valence-electron chi connectivity index (χ2n) is 2.89. The van der Waals surface area contributed by atoms with Crippen molar-refractivity contribution in [1.82, 2.24) is 4.98 Å². The minimum atomic E-state index is -0.503. The molecule has 0 fully saturated rings. The van der Waals surface area contributed by atoms with Crippen molar-refractivity contribution in [3.05, 3.63) is 11.4 Å². The minimum absolute atomic E-state index is 0. The highest BCUT2D eigenvalue weighted by molar-refractivity contribution is 7.39. The number of thiophene rings is 1. The molecule has 0 unspecified atom stereocenters. The Morgan fingerprint density at radius 2 is 2.40 bits per heavy atom. The van der Waals surface area contributed by atoms with Crippen molar-refractivity contribution in [3.8, 4) is 0 Å². The van der Waals surface area contributed by atoms with Crippen molar-refractivity contribution in [2.45, 2.75) is 13.0 Å². The molecule has 7 heteroatoms. The van der Waals surface area contributed by atoms with Gasteiger partial charge < -0.3 is 11.1 Å². The molecule has 0 saturated carbocycles. The Labute approximate surface area is 101 Å². The maximum Gasteiger partial charge on any atom is 0.242 e. The van der Waals surface area contributed by atoms with Gasteiger partial charge in [-0.15, -0.1) is 23.7 Å². The second-order valence-corrected chi connectivity index (χ2v) is 5.06. The van der Waals surface area contributed by atoms with E-state index in [2.05, 4.69) is 10.3 Å². The average Bonchev–Trinajstić information content (AvgIpc) is 2.63. The van der Waals surface area contributed by atoms with Crippen LogP contribution < -0.4 is 11.1 Å². The first kappa shape index (κ1) is 12.4. The van der Waals surface area contributed by atoms with E-state index in [1.165, 1.54) is 11.3 Å². The lowest BCUT2D eigenvalue weighted by molar-refractivity contribution is -0.117. The van der Waals surface area contributed by atoms with Gasteiger partial charge in [-0.3, -0.25) is 4.79 Å². The lowest BCUT2D eigenvalue weighted by atomic mass is 10.3. The van der Waals surface area contributed by atoms with Crippen LogP contribution in [0.5, 0.6) is 0 Å². The van der Waals surface area contributed by atoms with Gasteiger partial charge >= 0.3 is 0 Å². The van der Waals surface area contributed by atoms with E-state index in [-0.39, 0.29) is 18.3 Å². The Bertz CT molecular complexity index is 437. The summed E-state index contributed by atoms with van der Waals surface area (Å²) in [5.74, 6) is -0.202. The van der Waals surface area contributed by atoms with E-state index < -0.39 is 6.04 Å². The SMILES string of the molecule is C[C@H](N)C(=O)Nc1nc2ccsc2s1.Cl. The molecule has 2 aromatic rings. The molecule has 2 aromatic heterocycles. The zero-order chi connectivity index (χ0) is 10.1. The molecule has 0 spiro atoms. The van der Waals surface area contributed by atoms with Crippen molar-refractivity contribution in [3.63, 3.8) is 0 Å². The fraction of sp³-hybridized carbons (Fsp3) is 0.250. The van der Waals surface area contributed by atoms with Crippen LogP contribution in [0, 0.1) is 0 Å². The zero-order valence-electron chi connectivity index (χ0n) is 7.89. The predicted molar refractivity (Wildman–Crippen MR) is 67.0 cm³/mol. The fourth-order valence-electron chi connectivity index (χ4n) is 0.941. The Hall–Kier alpha value is -0.690. The molecule has 15 heavy (non-hydrogen) atoms. The molecule has 1 amide bonds. The third kappa shape index (κ3) is 2.66. The number of carbonyl (C=O) groups excluding carboxylic acids is 1. The predicted octanol–water partition coefficient (Wildman–Crippen LogP) is 2.07. The van der Waals surface area contributed by atoms with Crippen LogP contribution in [-0.4, -0.2) is 16.9 Å². The lowest BCUT2D eigenvalue weighted by Crippen LogP contribution is -2.32. The summed E-state index contributed by atoms with van der Waals surface area (Å²) in [6, 6.07) is 1.43. The number of nitrogens with zero attached hydrogens (tertiary/aromatic N) is 1. The van der Waals surface area contributed by atoms with Gasteiger partial charge in [0.2, 0.25) is 5.91 Å². The molecule has 2 heterocycles. The first-order valence-electron chi connectivity index (χ1n) is 4.07. The second kappa shape index (κ2) is 4.89. The molecule has 82 valence electrons. The summed E-state index contributed by atoms with van der Waals surface area (Å²) in [7, 11) is 0. The van der Waals surface area contributed by atoms with E-state index in [4.69, 9.17) is 5.73 Å². The molecule has 0 aliphatic heterocycles. The van der Waals surface area contributed by atoms with Gasteiger partial charge in [-0.2, -0.15) is 0 Å². The topological polar surface area (TPSA) is 68.0 Å².